The van der Waals surface area contributed by atoms with Crippen molar-refractivity contribution in [3.05, 3.63) is 107 Å². The van der Waals surface area contributed by atoms with Gasteiger partial charge >= 0.3 is 12.1 Å². The number of carbonyl (C=O) groups is 1. The van der Waals surface area contributed by atoms with E-state index >= 15 is 0 Å². The first-order chi connectivity index (χ1) is 22.1. The van der Waals surface area contributed by atoms with Gasteiger partial charge in [0.05, 0.1) is 29.5 Å². The van der Waals surface area contributed by atoms with Crippen LogP contribution in [0.5, 0.6) is 5.88 Å². The van der Waals surface area contributed by atoms with Crippen LogP contribution in [0.4, 0.5) is 13.2 Å². The molecule has 1 heterocycles. The quantitative estimate of drug-likeness (QED) is 0.0927. The molecule has 3 aromatic carbocycles. The molecule has 4 rings (SSSR count). The van der Waals surface area contributed by atoms with Gasteiger partial charge in [-0.1, -0.05) is 100 Å². The number of aliphatic hydroxyl groups is 1. The minimum atomic E-state index is -4.54. The van der Waals surface area contributed by atoms with Crippen LogP contribution in [-0.4, -0.2) is 33.5 Å². The number of pyridine rings is 1. The largest absolute Gasteiger partial charge is 0.480 e. The number of alkyl halides is 3. The maximum atomic E-state index is 13.5. The standard InChI is InChI=1S/C37H40F3NO4S/c1-3-4-5-6-7-8-9-11-25-14-16-26(17-15-25)18-21-33(34(42)28-12-10-13-29(22-28)37(38,39)40)46-30-20-19-27-23-31(36(43)44)35(45-2)41-32(27)24-30/h10,12-24,33-34,42H,3-9,11H2,1-2H3,(H,43,44)/t33-,34-/m0/s1. The van der Waals surface area contributed by atoms with E-state index in [9.17, 15) is 28.2 Å². The van der Waals surface area contributed by atoms with Crippen molar-refractivity contribution in [2.75, 3.05) is 7.11 Å². The van der Waals surface area contributed by atoms with Crippen molar-refractivity contribution in [2.24, 2.45) is 0 Å². The lowest BCUT2D eigenvalue weighted by atomic mass is 10.0. The topological polar surface area (TPSA) is 79.7 Å². The van der Waals surface area contributed by atoms with Crippen LogP contribution >= 0.6 is 11.8 Å². The summed E-state index contributed by atoms with van der Waals surface area (Å²) in [6, 6.07) is 19.7. The van der Waals surface area contributed by atoms with Crippen molar-refractivity contribution in [3.63, 3.8) is 0 Å². The summed E-state index contributed by atoms with van der Waals surface area (Å²) in [4.78, 5) is 16.6. The van der Waals surface area contributed by atoms with Crippen LogP contribution in [0.1, 0.15) is 90.6 Å². The summed E-state index contributed by atoms with van der Waals surface area (Å²) in [5.74, 6) is -1.19. The number of aryl methyl sites for hydroxylation is 1. The summed E-state index contributed by atoms with van der Waals surface area (Å²) in [5, 5.41) is 20.8. The predicted molar refractivity (Wildman–Crippen MR) is 178 cm³/mol. The smallest absolute Gasteiger partial charge is 0.416 e. The van der Waals surface area contributed by atoms with E-state index in [0.717, 1.165) is 30.5 Å². The van der Waals surface area contributed by atoms with Crippen LogP contribution < -0.4 is 4.74 Å². The normalized spacial score (nSPS) is 13.3. The van der Waals surface area contributed by atoms with E-state index in [1.54, 1.807) is 24.3 Å². The van der Waals surface area contributed by atoms with Crippen molar-refractivity contribution in [2.45, 2.75) is 80.7 Å². The second-order valence-electron chi connectivity index (χ2n) is 11.3. The number of halogens is 3. The van der Waals surface area contributed by atoms with E-state index in [2.05, 4.69) is 24.0 Å². The summed E-state index contributed by atoms with van der Waals surface area (Å²) in [6.07, 6.45) is 7.65. The predicted octanol–water partition coefficient (Wildman–Crippen LogP) is 10.2. The second-order valence-corrected chi connectivity index (χ2v) is 12.6. The second kappa shape index (κ2) is 16.7. The molecule has 4 aromatic rings. The van der Waals surface area contributed by atoms with Gasteiger partial charge in [-0.15, -0.1) is 11.8 Å². The molecule has 0 radical (unpaired) electrons. The molecule has 0 spiro atoms. The third-order valence-corrected chi connectivity index (χ3v) is 9.06. The number of rotatable bonds is 16. The van der Waals surface area contributed by atoms with E-state index in [0.29, 0.717) is 15.8 Å². The van der Waals surface area contributed by atoms with Gasteiger partial charge in [-0.2, -0.15) is 13.2 Å². The average Bonchev–Trinajstić information content (AvgIpc) is 3.05. The summed E-state index contributed by atoms with van der Waals surface area (Å²) in [6.45, 7) is 2.22. The summed E-state index contributed by atoms with van der Waals surface area (Å²) in [5.41, 5.74) is 1.91. The highest BCUT2D eigenvalue weighted by Crippen LogP contribution is 2.37. The number of hydrogen-bond acceptors (Lipinski definition) is 5. The van der Waals surface area contributed by atoms with Gasteiger partial charge in [0.25, 0.3) is 0 Å². The van der Waals surface area contributed by atoms with Crippen LogP contribution in [-0.2, 0) is 12.6 Å². The Balaban J connectivity index is 1.55. The monoisotopic (exact) mass is 651 g/mol. The van der Waals surface area contributed by atoms with Crippen molar-refractivity contribution in [1.29, 1.82) is 0 Å². The van der Waals surface area contributed by atoms with Crippen molar-refractivity contribution in [1.82, 2.24) is 4.98 Å². The van der Waals surface area contributed by atoms with E-state index in [1.807, 2.05) is 18.2 Å². The Hall–Kier alpha value is -3.82. The molecule has 2 N–H and O–H groups in total. The number of unbranched alkanes of at least 4 members (excludes halogenated alkanes) is 6. The lowest BCUT2D eigenvalue weighted by Gasteiger charge is -2.21. The number of nitrogens with zero attached hydrogens (tertiary/aromatic N) is 1. The summed E-state index contributed by atoms with van der Waals surface area (Å²) < 4.78 is 45.6. The Kier molecular flexibility index (Phi) is 12.7. The Morgan fingerprint density at radius 1 is 0.957 bits per heavy atom. The van der Waals surface area contributed by atoms with Gasteiger partial charge in [0.1, 0.15) is 5.56 Å². The number of hydrogen-bond donors (Lipinski definition) is 2. The molecule has 1 aromatic heterocycles. The number of carboxylic acid groups (broad SMARTS) is 1. The minimum absolute atomic E-state index is 0.0296. The molecule has 0 aliphatic heterocycles. The number of benzene rings is 3. The molecule has 0 saturated carbocycles. The average molecular weight is 652 g/mol. The van der Waals surface area contributed by atoms with Crippen LogP contribution in [0.15, 0.2) is 83.8 Å². The Morgan fingerprint density at radius 2 is 1.67 bits per heavy atom. The molecule has 5 nitrogen and oxygen atoms in total. The van der Waals surface area contributed by atoms with Gasteiger partial charge in [0.15, 0.2) is 0 Å². The molecule has 0 unspecified atom stereocenters. The van der Waals surface area contributed by atoms with Crippen LogP contribution in [0.3, 0.4) is 0 Å². The molecule has 2 atom stereocenters. The lowest BCUT2D eigenvalue weighted by Crippen LogP contribution is -2.14. The van der Waals surface area contributed by atoms with E-state index < -0.39 is 29.1 Å². The fourth-order valence-corrected chi connectivity index (χ4v) is 6.34. The minimum Gasteiger partial charge on any atom is -0.480 e. The number of ether oxygens (including phenoxy) is 1. The first-order valence-electron chi connectivity index (χ1n) is 15.6. The molecule has 0 aliphatic carbocycles. The lowest BCUT2D eigenvalue weighted by molar-refractivity contribution is -0.137. The molecular weight excluding hydrogens is 611 g/mol. The highest BCUT2D eigenvalue weighted by atomic mass is 32.2. The Labute approximate surface area is 272 Å². The molecule has 0 saturated heterocycles. The molecule has 46 heavy (non-hydrogen) atoms. The number of fused-ring (bicyclic) bond motifs is 1. The Morgan fingerprint density at radius 3 is 2.35 bits per heavy atom. The molecule has 244 valence electrons. The summed E-state index contributed by atoms with van der Waals surface area (Å²) in [7, 11) is 1.34. The number of aliphatic hydroxyl groups excluding tert-OH is 1. The van der Waals surface area contributed by atoms with Gasteiger partial charge in [0, 0.05) is 10.3 Å². The van der Waals surface area contributed by atoms with Gasteiger partial charge in [-0.3, -0.25) is 0 Å². The third kappa shape index (κ3) is 9.84. The molecule has 0 bridgehead atoms. The van der Waals surface area contributed by atoms with Crippen LogP contribution in [0.2, 0.25) is 0 Å². The van der Waals surface area contributed by atoms with Crippen LogP contribution in [0.25, 0.3) is 17.0 Å². The van der Waals surface area contributed by atoms with E-state index in [1.165, 1.54) is 81.2 Å². The summed E-state index contributed by atoms with van der Waals surface area (Å²) >= 11 is 1.27. The molecule has 0 fully saturated rings. The van der Waals surface area contributed by atoms with E-state index in [4.69, 9.17) is 4.74 Å². The molecule has 0 amide bonds. The molecule has 0 aliphatic rings. The molecular formula is C37H40F3NO4S. The number of aromatic carboxylic acids is 1. The van der Waals surface area contributed by atoms with Crippen LogP contribution in [0, 0.1) is 0 Å². The fourth-order valence-electron chi connectivity index (χ4n) is 5.25. The maximum Gasteiger partial charge on any atom is 0.416 e. The van der Waals surface area contributed by atoms with Crippen molar-refractivity contribution >= 4 is 34.7 Å². The van der Waals surface area contributed by atoms with Gasteiger partial charge in [-0.25, -0.2) is 9.78 Å². The zero-order valence-electron chi connectivity index (χ0n) is 26.1. The van der Waals surface area contributed by atoms with Gasteiger partial charge in [-0.05, 0) is 59.9 Å². The zero-order chi connectivity index (χ0) is 33.1. The SMILES string of the molecule is CCCCCCCCCc1ccc(C=C[C@H](Sc2ccc3cc(C(=O)O)c(OC)nc3c2)[C@@H](O)c2cccc(C(F)(F)F)c2)cc1. The van der Waals surface area contributed by atoms with E-state index in [-0.39, 0.29) is 17.0 Å². The maximum absolute atomic E-state index is 13.5. The number of methoxy groups -OCH3 is 1. The van der Waals surface area contributed by atoms with Crippen molar-refractivity contribution < 1.29 is 32.9 Å². The number of carboxylic acids is 1. The first-order valence-corrected chi connectivity index (χ1v) is 16.5. The first kappa shape index (κ1) is 35.0. The highest BCUT2D eigenvalue weighted by Gasteiger charge is 2.31. The zero-order valence-corrected chi connectivity index (χ0v) is 26.9. The number of thioether (sulfide) groups is 1. The molecule has 9 heteroatoms. The van der Waals surface area contributed by atoms with Gasteiger partial charge in [0.2, 0.25) is 5.88 Å². The third-order valence-electron chi connectivity index (χ3n) is 7.84. The highest BCUT2D eigenvalue weighted by molar-refractivity contribution is 8.00. The Bertz CT molecular complexity index is 1620. The number of aromatic nitrogens is 1. The van der Waals surface area contributed by atoms with Crippen molar-refractivity contribution in [3.8, 4) is 5.88 Å². The van der Waals surface area contributed by atoms with Gasteiger partial charge < -0.3 is 14.9 Å². The fraction of sp³-hybridized carbons (Fsp3) is 0.351.